The molecule has 0 spiro atoms. The number of nitrogen functional groups attached to an aromatic ring is 1. The van der Waals surface area contributed by atoms with Gasteiger partial charge in [-0.05, 0) is 30.4 Å². The lowest BCUT2D eigenvalue weighted by atomic mass is 9.81. The van der Waals surface area contributed by atoms with Gasteiger partial charge in [-0.2, -0.15) is 0 Å². The van der Waals surface area contributed by atoms with Crippen LogP contribution in [0.3, 0.4) is 0 Å². The molecule has 0 bridgehead atoms. The van der Waals surface area contributed by atoms with Crippen LogP contribution in [0, 0.1) is 11.8 Å². The van der Waals surface area contributed by atoms with Gasteiger partial charge in [-0.3, -0.25) is 0 Å². The van der Waals surface area contributed by atoms with Crippen LogP contribution in [-0.4, -0.2) is 13.7 Å². The first-order chi connectivity index (χ1) is 9.19. The van der Waals surface area contributed by atoms with Crippen molar-refractivity contribution in [3.63, 3.8) is 0 Å². The van der Waals surface area contributed by atoms with E-state index in [9.17, 15) is 0 Å². The normalized spacial score (nSPS) is 23.1. The molecule has 3 heteroatoms. The van der Waals surface area contributed by atoms with Crippen LogP contribution in [-0.2, 0) is 0 Å². The lowest BCUT2D eigenvalue weighted by Crippen LogP contribution is -2.16. The van der Waals surface area contributed by atoms with Gasteiger partial charge in [0.15, 0.2) is 0 Å². The highest BCUT2D eigenvalue weighted by Gasteiger charge is 2.17. The second kappa shape index (κ2) is 6.69. The molecule has 0 saturated heterocycles. The van der Waals surface area contributed by atoms with Crippen LogP contribution >= 0.6 is 0 Å². The molecule has 0 aliphatic heterocycles. The fourth-order valence-corrected chi connectivity index (χ4v) is 2.84. The first-order valence-electron chi connectivity index (χ1n) is 7.36. The molecule has 1 aliphatic carbocycles. The fourth-order valence-electron chi connectivity index (χ4n) is 2.84. The van der Waals surface area contributed by atoms with Gasteiger partial charge in [-0.25, -0.2) is 0 Å². The Morgan fingerprint density at radius 3 is 2.68 bits per heavy atom. The van der Waals surface area contributed by atoms with Crippen molar-refractivity contribution in [2.75, 3.05) is 24.7 Å². The summed E-state index contributed by atoms with van der Waals surface area (Å²) in [5.74, 6) is 2.66. The van der Waals surface area contributed by atoms with Crippen molar-refractivity contribution in [3.8, 4) is 5.75 Å². The zero-order valence-electron chi connectivity index (χ0n) is 12.1. The van der Waals surface area contributed by atoms with Gasteiger partial charge in [-0.1, -0.05) is 32.6 Å². The van der Waals surface area contributed by atoms with E-state index in [-0.39, 0.29) is 0 Å². The third-order valence-electron chi connectivity index (χ3n) is 4.26. The van der Waals surface area contributed by atoms with E-state index in [0.717, 1.165) is 35.5 Å². The summed E-state index contributed by atoms with van der Waals surface area (Å²) in [5.41, 5.74) is 7.74. The molecular formula is C16H26N2O. The lowest BCUT2D eigenvalue weighted by molar-refractivity contribution is 0.282. The van der Waals surface area contributed by atoms with E-state index in [4.69, 9.17) is 10.5 Å². The molecule has 0 heterocycles. The van der Waals surface area contributed by atoms with Crippen LogP contribution in [0.5, 0.6) is 5.75 Å². The number of hydrogen-bond donors (Lipinski definition) is 2. The van der Waals surface area contributed by atoms with Crippen LogP contribution in [0.2, 0.25) is 0 Å². The number of anilines is 2. The second-order valence-electron chi connectivity index (χ2n) is 5.79. The maximum Gasteiger partial charge on any atom is 0.121 e. The van der Waals surface area contributed by atoms with Gasteiger partial charge in [-0.15, -0.1) is 0 Å². The van der Waals surface area contributed by atoms with Crippen molar-refractivity contribution in [1.29, 1.82) is 0 Å². The highest BCUT2D eigenvalue weighted by Crippen LogP contribution is 2.30. The van der Waals surface area contributed by atoms with Crippen molar-refractivity contribution in [3.05, 3.63) is 18.2 Å². The molecular weight excluding hydrogens is 236 g/mol. The van der Waals surface area contributed by atoms with E-state index in [1.807, 2.05) is 18.2 Å². The number of ether oxygens (including phenoxy) is 1. The molecule has 0 unspecified atom stereocenters. The SMILES string of the molecule is COc1ccc(N)c(NCCC2CCC(C)CC2)c1. The monoisotopic (exact) mass is 262 g/mol. The largest absolute Gasteiger partial charge is 0.497 e. The Kier molecular flexibility index (Phi) is 4.94. The Labute approximate surface area is 116 Å². The van der Waals surface area contributed by atoms with E-state index < -0.39 is 0 Å². The maximum atomic E-state index is 5.96. The number of benzene rings is 1. The van der Waals surface area contributed by atoms with Gasteiger partial charge in [0, 0.05) is 12.6 Å². The minimum absolute atomic E-state index is 0.790. The molecule has 1 saturated carbocycles. The molecule has 106 valence electrons. The summed E-state index contributed by atoms with van der Waals surface area (Å²) >= 11 is 0. The predicted molar refractivity (Wildman–Crippen MR) is 81.6 cm³/mol. The molecule has 3 nitrogen and oxygen atoms in total. The highest BCUT2D eigenvalue weighted by molar-refractivity contribution is 5.68. The zero-order valence-corrected chi connectivity index (χ0v) is 12.1. The van der Waals surface area contributed by atoms with Crippen LogP contribution < -0.4 is 15.8 Å². The number of nitrogens with one attached hydrogen (secondary N) is 1. The predicted octanol–water partition coefficient (Wildman–Crippen LogP) is 3.91. The number of rotatable bonds is 5. The van der Waals surface area contributed by atoms with Crippen molar-refractivity contribution in [2.24, 2.45) is 11.8 Å². The second-order valence-corrected chi connectivity index (χ2v) is 5.79. The van der Waals surface area contributed by atoms with Crippen molar-refractivity contribution >= 4 is 11.4 Å². The summed E-state index contributed by atoms with van der Waals surface area (Å²) in [6.45, 7) is 3.36. The van der Waals surface area contributed by atoms with E-state index in [1.54, 1.807) is 7.11 Å². The van der Waals surface area contributed by atoms with Crippen LogP contribution in [0.15, 0.2) is 18.2 Å². The first-order valence-corrected chi connectivity index (χ1v) is 7.36. The Morgan fingerprint density at radius 1 is 1.26 bits per heavy atom. The van der Waals surface area contributed by atoms with E-state index in [2.05, 4.69) is 12.2 Å². The summed E-state index contributed by atoms with van der Waals surface area (Å²) < 4.78 is 5.22. The molecule has 1 fully saturated rings. The van der Waals surface area contributed by atoms with Crippen molar-refractivity contribution in [2.45, 2.75) is 39.0 Å². The summed E-state index contributed by atoms with van der Waals surface area (Å²) in [4.78, 5) is 0. The van der Waals surface area contributed by atoms with Gasteiger partial charge >= 0.3 is 0 Å². The van der Waals surface area contributed by atoms with E-state index >= 15 is 0 Å². The Morgan fingerprint density at radius 2 is 2.00 bits per heavy atom. The van der Waals surface area contributed by atoms with Crippen LogP contribution in [0.25, 0.3) is 0 Å². The topological polar surface area (TPSA) is 47.3 Å². The van der Waals surface area contributed by atoms with Gasteiger partial charge in [0.25, 0.3) is 0 Å². The molecule has 1 aliphatic rings. The van der Waals surface area contributed by atoms with Crippen LogP contribution in [0.1, 0.15) is 39.0 Å². The first kappa shape index (κ1) is 14.0. The Hall–Kier alpha value is -1.38. The molecule has 0 radical (unpaired) electrons. The summed E-state index contributed by atoms with van der Waals surface area (Å²) in [6, 6.07) is 5.75. The average Bonchev–Trinajstić information content (AvgIpc) is 2.43. The minimum atomic E-state index is 0.790. The summed E-state index contributed by atoms with van der Waals surface area (Å²) in [6.07, 6.45) is 6.80. The summed E-state index contributed by atoms with van der Waals surface area (Å²) in [7, 11) is 1.68. The van der Waals surface area contributed by atoms with Gasteiger partial charge in [0.2, 0.25) is 0 Å². The quantitative estimate of drug-likeness (QED) is 0.791. The third-order valence-corrected chi connectivity index (χ3v) is 4.26. The smallest absolute Gasteiger partial charge is 0.121 e. The number of nitrogens with two attached hydrogens (primary N) is 1. The molecule has 1 aromatic carbocycles. The molecule has 3 N–H and O–H groups in total. The van der Waals surface area contributed by atoms with E-state index in [0.29, 0.717) is 0 Å². The fraction of sp³-hybridized carbons (Fsp3) is 0.625. The molecule has 0 amide bonds. The zero-order chi connectivity index (χ0) is 13.7. The molecule has 0 atom stereocenters. The third kappa shape index (κ3) is 4.05. The van der Waals surface area contributed by atoms with Crippen molar-refractivity contribution in [1.82, 2.24) is 0 Å². The number of methoxy groups -OCH3 is 1. The van der Waals surface area contributed by atoms with Gasteiger partial charge < -0.3 is 15.8 Å². The molecule has 1 aromatic rings. The van der Waals surface area contributed by atoms with Crippen molar-refractivity contribution < 1.29 is 4.74 Å². The standard InChI is InChI=1S/C16H26N2O/c1-12-3-5-13(6-4-12)9-10-18-16-11-14(19-2)7-8-15(16)17/h7-8,11-13,18H,3-6,9-10,17H2,1-2H3. The summed E-state index contributed by atoms with van der Waals surface area (Å²) in [5, 5.41) is 3.44. The Balaban J connectivity index is 1.79. The van der Waals surface area contributed by atoms with E-state index in [1.165, 1.54) is 32.1 Å². The van der Waals surface area contributed by atoms with Crippen LogP contribution in [0.4, 0.5) is 11.4 Å². The average molecular weight is 262 g/mol. The maximum absolute atomic E-state index is 5.96. The molecule has 19 heavy (non-hydrogen) atoms. The molecule has 2 rings (SSSR count). The van der Waals surface area contributed by atoms with Gasteiger partial charge in [0.1, 0.15) is 5.75 Å². The highest BCUT2D eigenvalue weighted by atomic mass is 16.5. The molecule has 0 aromatic heterocycles. The number of hydrogen-bond acceptors (Lipinski definition) is 3. The minimum Gasteiger partial charge on any atom is -0.497 e. The Bertz CT molecular complexity index is 398. The van der Waals surface area contributed by atoms with Gasteiger partial charge in [0.05, 0.1) is 18.5 Å². The lowest BCUT2D eigenvalue weighted by Gasteiger charge is -2.26.